The lowest BCUT2D eigenvalue weighted by Crippen LogP contribution is -2.44. The maximum atomic E-state index is 10.2. The molecule has 1 fully saturated rings. The van der Waals surface area contributed by atoms with Crippen LogP contribution in [0.3, 0.4) is 0 Å². The molecule has 1 N–H and O–H groups in total. The third-order valence-corrected chi connectivity index (χ3v) is 3.86. The lowest BCUT2D eigenvalue weighted by molar-refractivity contribution is -0.0157. The molecule has 84 valence electrons. The summed E-state index contributed by atoms with van der Waals surface area (Å²) in [5.74, 6) is 0. The smallest absolute Gasteiger partial charge is 0.103 e. The Morgan fingerprint density at radius 2 is 2.20 bits per heavy atom. The van der Waals surface area contributed by atoms with Crippen LogP contribution in [0.4, 0.5) is 0 Å². The molecular weight excluding hydrogens is 210 g/mol. The first-order chi connectivity index (χ1) is 7.29. The molecule has 0 radical (unpaired) electrons. The second-order valence-corrected chi connectivity index (χ2v) is 4.83. The SMILES string of the molecule is C[C@@H]([C@@H](O)c1cccs1)N1CCOCC1. The topological polar surface area (TPSA) is 32.7 Å². The van der Waals surface area contributed by atoms with E-state index in [0.717, 1.165) is 31.2 Å². The third kappa shape index (κ3) is 2.58. The predicted octanol–water partition coefficient (Wildman–Crippen LogP) is 1.50. The van der Waals surface area contributed by atoms with Gasteiger partial charge in [-0.3, -0.25) is 4.90 Å². The van der Waals surface area contributed by atoms with Gasteiger partial charge < -0.3 is 9.84 Å². The number of nitrogens with zero attached hydrogens (tertiary/aromatic N) is 1. The van der Waals surface area contributed by atoms with Crippen molar-refractivity contribution in [2.45, 2.75) is 19.1 Å². The van der Waals surface area contributed by atoms with Gasteiger partial charge in [-0.15, -0.1) is 11.3 Å². The summed E-state index contributed by atoms with van der Waals surface area (Å²) in [6, 6.07) is 4.15. The minimum atomic E-state index is -0.372. The molecule has 4 heteroatoms. The van der Waals surface area contributed by atoms with Crippen molar-refractivity contribution in [2.24, 2.45) is 0 Å². The molecule has 1 aromatic heterocycles. The summed E-state index contributed by atoms with van der Waals surface area (Å²) >= 11 is 1.62. The summed E-state index contributed by atoms with van der Waals surface area (Å²) in [5.41, 5.74) is 0. The number of ether oxygens (including phenoxy) is 1. The fourth-order valence-corrected chi connectivity index (χ4v) is 2.69. The highest BCUT2D eigenvalue weighted by molar-refractivity contribution is 7.10. The molecule has 0 aliphatic carbocycles. The van der Waals surface area contributed by atoms with Crippen LogP contribution in [0.1, 0.15) is 17.9 Å². The molecular formula is C11H17NO2S. The summed E-state index contributed by atoms with van der Waals surface area (Å²) in [4.78, 5) is 3.34. The van der Waals surface area contributed by atoms with Crippen molar-refractivity contribution < 1.29 is 9.84 Å². The Morgan fingerprint density at radius 3 is 2.80 bits per heavy atom. The van der Waals surface area contributed by atoms with Gasteiger partial charge in [-0.05, 0) is 18.4 Å². The summed E-state index contributed by atoms with van der Waals surface area (Å²) < 4.78 is 5.30. The normalized spacial score (nSPS) is 22.5. The van der Waals surface area contributed by atoms with Crippen LogP contribution in [0.5, 0.6) is 0 Å². The Morgan fingerprint density at radius 1 is 1.47 bits per heavy atom. The number of hydrogen-bond donors (Lipinski definition) is 1. The zero-order valence-electron chi connectivity index (χ0n) is 8.93. The van der Waals surface area contributed by atoms with Gasteiger partial charge in [-0.25, -0.2) is 0 Å². The highest BCUT2D eigenvalue weighted by Crippen LogP contribution is 2.25. The zero-order valence-corrected chi connectivity index (χ0v) is 9.74. The Labute approximate surface area is 94.3 Å². The molecule has 1 aliphatic heterocycles. The summed E-state index contributed by atoms with van der Waals surface area (Å²) in [5, 5.41) is 12.2. The zero-order chi connectivity index (χ0) is 10.7. The largest absolute Gasteiger partial charge is 0.386 e. The highest BCUT2D eigenvalue weighted by atomic mass is 32.1. The number of aliphatic hydroxyl groups is 1. The Bertz CT molecular complexity index is 283. The first kappa shape index (κ1) is 11.1. The molecule has 2 rings (SSSR count). The van der Waals surface area contributed by atoms with E-state index in [0.29, 0.717) is 0 Å². The van der Waals surface area contributed by atoms with Crippen molar-refractivity contribution in [3.63, 3.8) is 0 Å². The molecule has 1 aromatic rings. The quantitative estimate of drug-likeness (QED) is 0.849. The number of aliphatic hydroxyl groups excluding tert-OH is 1. The highest BCUT2D eigenvalue weighted by Gasteiger charge is 2.24. The molecule has 3 nitrogen and oxygen atoms in total. The first-order valence-corrected chi connectivity index (χ1v) is 6.20. The van der Waals surface area contributed by atoms with E-state index in [-0.39, 0.29) is 12.1 Å². The second-order valence-electron chi connectivity index (χ2n) is 3.85. The summed E-state index contributed by atoms with van der Waals surface area (Å²) in [6.07, 6.45) is -0.372. The van der Waals surface area contributed by atoms with Crippen molar-refractivity contribution in [1.29, 1.82) is 0 Å². The molecule has 1 aliphatic rings. The fraction of sp³-hybridized carbons (Fsp3) is 0.636. The standard InChI is InChI=1S/C11H17NO2S/c1-9(12-4-6-14-7-5-12)11(13)10-3-2-8-15-10/h2-3,8-9,11,13H,4-7H2,1H3/t9-,11+/m0/s1. The van der Waals surface area contributed by atoms with Crippen LogP contribution in [0.15, 0.2) is 17.5 Å². The van der Waals surface area contributed by atoms with E-state index in [2.05, 4.69) is 11.8 Å². The van der Waals surface area contributed by atoms with Crippen LogP contribution in [0, 0.1) is 0 Å². The van der Waals surface area contributed by atoms with E-state index in [1.807, 2.05) is 17.5 Å². The molecule has 0 amide bonds. The van der Waals surface area contributed by atoms with Gasteiger partial charge in [-0.1, -0.05) is 6.07 Å². The molecule has 0 spiro atoms. The van der Waals surface area contributed by atoms with Crippen molar-refractivity contribution in [3.8, 4) is 0 Å². The van der Waals surface area contributed by atoms with E-state index in [9.17, 15) is 5.11 Å². The molecule has 15 heavy (non-hydrogen) atoms. The maximum absolute atomic E-state index is 10.2. The lowest BCUT2D eigenvalue weighted by Gasteiger charge is -2.34. The number of morpholine rings is 1. The maximum Gasteiger partial charge on any atom is 0.103 e. The molecule has 1 saturated heterocycles. The molecule has 2 heterocycles. The van der Waals surface area contributed by atoms with Crippen LogP contribution in [-0.4, -0.2) is 42.4 Å². The number of thiophene rings is 1. The van der Waals surface area contributed by atoms with E-state index in [1.165, 1.54) is 0 Å². The van der Waals surface area contributed by atoms with E-state index in [1.54, 1.807) is 11.3 Å². The molecule has 2 atom stereocenters. The minimum absolute atomic E-state index is 0.174. The van der Waals surface area contributed by atoms with Gasteiger partial charge in [0.05, 0.1) is 13.2 Å². The van der Waals surface area contributed by atoms with Gasteiger partial charge in [0.15, 0.2) is 0 Å². The van der Waals surface area contributed by atoms with Crippen molar-refractivity contribution in [1.82, 2.24) is 4.90 Å². The van der Waals surface area contributed by atoms with E-state index >= 15 is 0 Å². The second kappa shape index (κ2) is 5.07. The van der Waals surface area contributed by atoms with Crippen molar-refractivity contribution in [2.75, 3.05) is 26.3 Å². The van der Waals surface area contributed by atoms with Gasteiger partial charge in [0, 0.05) is 24.0 Å². The molecule has 0 bridgehead atoms. The Hall–Kier alpha value is -0.420. The fourth-order valence-electron chi connectivity index (χ4n) is 1.88. The van der Waals surface area contributed by atoms with Crippen LogP contribution in [0.2, 0.25) is 0 Å². The number of hydrogen-bond acceptors (Lipinski definition) is 4. The van der Waals surface area contributed by atoms with Gasteiger partial charge in [0.2, 0.25) is 0 Å². The summed E-state index contributed by atoms with van der Waals surface area (Å²) in [7, 11) is 0. The monoisotopic (exact) mass is 227 g/mol. The van der Waals surface area contributed by atoms with E-state index in [4.69, 9.17) is 4.74 Å². The van der Waals surface area contributed by atoms with E-state index < -0.39 is 0 Å². The minimum Gasteiger partial charge on any atom is -0.386 e. The van der Waals surface area contributed by atoms with Crippen molar-refractivity contribution >= 4 is 11.3 Å². The summed E-state index contributed by atoms with van der Waals surface area (Å²) in [6.45, 7) is 5.48. The Balaban J connectivity index is 1.97. The average Bonchev–Trinajstić information content (AvgIpc) is 2.82. The lowest BCUT2D eigenvalue weighted by atomic mass is 10.1. The van der Waals surface area contributed by atoms with Crippen molar-refractivity contribution in [3.05, 3.63) is 22.4 Å². The van der Waals surface area contributed by atoms with Crippen LogP contribution < -0.4 is 0 Å². The predicted molar refractivity (Wildman–Crippen MR) is 61.1 cm³/mol. The Kier molecular flexibility index (Phi) is 3.75. The average molecular weight is 227 g/mol. The number of rotatable bonds is 3. The van der Waals surface area contributed by atoms with Gasteiger partial charge in [0.25, 0.3) is 0 Å². The molecule has 0 saturated carbocycles. The first-order valence-electron chi connectivity index (χ1n) is 5.32. The van der Waals surface area contributed by atoms with Crippen LogP contribution in [0.25, 0.3) is 0 Å². The third-order valence-electron chi connectivity index (χ3n) is 2.91. The van der Waals surface area contributed by atoms with Crippen LogP contribution >= 0.6 is 11.3 Å². The van der Waals surface area contributed by atoms with Gasteiger partial charge in [0.1, 0.15) is 6.10 Å². The molecule has 0 unspecified atom stereocenters. The van der Waals surface area contributed by atoms with Crippen LogP contribution in [-0.2, 0) is 4.74 Å². The van der Waals surface area contributed by atoms with Gasteiger partial charge >= 0.3 is 0 Å². The molecule has 0 aromatic carbocycles. The van der Waals surface area contributed by atoms with Gasteiger partial charge in [-0.2, -0.15) is 0 Å².